The molecule has 1 saturated heterocycles. The first-order valence-corrected chi connectivity index (χ1v) is 7.05. The van der Waals surface area contributed by atoms with E-state index in [1.807, 2.05) is 0 Å². The molecule has 2 amide bonds. The Hall–Kier alpha value is -2.09. The lowest BCUT2D eigenvalue weighted by Crippen LogP contribution is -2.45. The lowest BCUT2D eigenvalue weighted by molar-refractivity contribution is -0.158. The van der Waals surface area contributed by atoms with Gasteiger partial charge in [-0.05, 0) is 12.0 Å². The molecule has 1 aromatic rings. The van der Waals surface area contributed by atoms with E-state index in [0.29, 0.717) is 10.5 Å². The fraction of sp³-hybridized carbons (Fsp3) is 0.467. The smallest absolute Gasteiger partial charge is 0.367 e. The minimum Gasteiger partial charge on any atom is -0.367 e. The quantitative estimate of drug-likeness (QED) is 0.893. The number of hydrogen-bond donors (Lipinski definition) is 1. The fourth-order valence-corrected chi connectivity index (χ4v) is 2.52. The van der Waals surface area contributed by atoms with Crippen LogP contribution in [0.5, 0.6) is 0 Å². The molecule has 0 spiro atoms. The monoisotopic (exact) mass is 330 g/mol. The van der Waals surface area contributed by atoms with Gasteiger partial charge in [-0.2, -0.15) is 13.2 Å². The predicted molar refractivity (Wildman–Crippen MR) is 75.4 cm³/mol. The van der Waals surface area contributed by atoms with E-state index < -0.39 is 36.7 Å². The summed E-state index contributed by atoms with van der Waals surface area (Å²) in [5, 5.41) is 2.47. The van der Waals surface area contributed by atoms with Crippen LogP contribution in [-0.2, 0) is 14.3 Å². The maximum atomic E-state index is 12.4. The van der Waals surface area contributed by atoms with Gasteiger partial charge in [0.1, 0.15) is 12.6 Å². The van der Waals surface area contributed by atoms with Gasteiger partial charge in [-0.1, -0.05) is 30.3 Å². The lowest BCUT2D eigenvalue weighted by Gasteiger charge is -2.20. The minimum atomic E-state index is -4.45. The van der Waals surface area contributed by atoms with Gasteiger partial charge in [0.2, 0.25) is 5.91 Å². The molecule has 0 bridgehead atoms. The third-order valence-corrected chi connectivity index (χ3v) is 3.56. The first kappa shape index (κ1) is 17.3. The van der Waals surface area contributed by atoms with Gasteiger partial charge in [0.25, 0.3) is 5.91 Å². The van der Waals surface area contributed by atoms with Crippen molar-refractivity contribution >= 4 is 11.8 Å². The molecule has 0 saturated carbocycles. The Labute approximate surface area is 131 Å². The molecule has 1 heterocycles. The summed E-state index contributed by atoms with van der Waals surface area (Å²) >= 11 is 0. The molecule has 1 fully saturated rings. The topological polar surface area (TPSA) is 58.6 Å². The summed E-state index contributed by atoms with van der Waals surface area (Å²) in [5.41, 5.74) is 0.602. The molecule has 0 radical (unpaired) electrons. The highest BCUT2D eigenvalue weighted by atomic mass is 19.4. The number of rotatable bonds is 5. The number of nitrogens with zero attached hydrogens (tertiary/aromatic N) is 1. The van der Waals surface area contributed by atoms with Crippen LogP contribution in [-0.4, -0.2) is 49.1 Å². The van der Waals surface area contributed by atoms with E-state index in [2.05, 4.69) is 5.32 Å². The molecular formula is C15H17F3N2O3. The molecule has 8 heteroatoms. The van der Waals surface area contributed by atoms with E-state index in [0.717, 1.165) is 0 Å². The van der Waals surface area contributed by atoms with Crippen LogP contribution in [0.1, 0.15) is 18.1 Å². The second-order valence-corrected chi connectivity index (χ2v) is 5.25. The van der Waals surface area contributed by atoms with Crippen molar-refractivity contribution in [1.82, 2.24) is 10.2 Å². The average molecular weight is 330 g/mol. The zero-order valence-electron chi connectivity index (χ0n) is 12.5. The summed E-state index contributed by atoms with van der Waals surface area (Å²) in [6, 6.07) is 7.69. The van der Waals surface area contributed by atoms with Crippen LogP contribution in [0.3, 0.4) is 0 Å². The number of methoxy groups -OCH3 is 1. The molecule has 1 aliphatic heterocycles. The van der Waals surface area contributed by atoms with Crippen LogP contribution >= 0.6 is 0 Å². The van der Waals surface area contributed by atoms with Gasteiger partial charge in [0.05, 0.1) is 0 Å². The number of benzene rings is 1. The molecule has 126 valence electrons. The van der Waals surface area contributed by atoms with Crippen molar-refractivity contribution in [2.45, 2.75) is 24.7 Å². The number of ether oxygens (including phenoxy) is 1. The van der Waals surface area contributed by atoms with E-state index in [1.165, 1.54) is 7.11 Å². The maximum absolute atomic E-state index is 12.4. The summed E-state index contributed by atoms with van der Waals surface area (Å²) in [5.74, 6) is -1.27. The largest absolute Gasteiger partial charge is 0.406 e. The molecular weight excluding hydrogens is 313 g/mol. The van der Waals surface area contributed by atoms with Gasteiger partial charge in [0, 0.05) is 13.7 Å². The summed E-state index contributed by atoms with van der Waals surface area (Å²) in [4.78, 5) is 24.9. The van der Waals surface area contributed by atoms with Crippen LogP contribution in [0.4, 0.5) is 13.2 Å². The van der Waals surface area contributed by atoms with E-state index >= 15 is 0 Å². The van der Waals surface area contributed by atoms with E-state index in [1.54, 1.807) is 30.3 Å². The Kier molecular flexibility index (Phi) is 5.25. The average Bonchev–Trinajstić information content (AvgIpc) is 2.80. The number of nitrogens with one attached hydrogen (secondary N) is 1. The number of likely N-dealkylation sites (tertiary alicyclic amines) is 1. The van der Waals surface area contributed by atoms with E-state index in [-0.39, 0.29) is 13.0 Å². The molecule has 0 unspecified atom stereocenters. The molecule has 0 aliphatic carbocycles. The number of carbonyl (C=O) groups is 2. The summed E-state index contributed by atoms with van der Waals surface area (Å²) in [6.07, 6.45) is -5.22. The molecule has 2 atom stereocenters. The molecule has 5 nitrogen and oxygen atoms in total. The molecule has 1 aliphatic rings. The second kappa shape index (κ2) is 6.99. The third kappa shape index (κ3) is 4.44. The van der Waals surface area contributed by atoms with Crippen LogP contribution in [0.15, 0.2) is 30.3 Å². The van der Waals surface area contributed by atoms with Gasteiger partial charge < -0.3 is 15.0 Å². The van der Waals surface area contributed by atoms with Crippen molar-refractivity contribution in [3.8, 4) is 0 Å². The highest BCUT2D eigenvalue weighted by Gasteiger charge is 2.40. The Morgan fingerprint density at radius 2 is 2.04 bits per heavy atom. The Morgan fingerprint density at radius 1 is 1.39 bits per heavy atom. The highest BCUT2D eigenvalue weighted by molar-refractivity contribution is 5.91. The summed E-state index contributed by atoms with van der Waals surface area (Å²) in [7, 11) is 1.35. The SMILES string of the molecule is CO[C@@H](C(=O)N[C@H]1CCN(CC(F)(F)F)C1=O)c1ccccc1. The van der Waals surface area contributed by atoms with Crippen LogP contribution in [0, 0.1) is 0 Å². The van der Waals surface area contributed by atoms with Crippen molar-refractivity contribution in [1.29, 1.82) is 0 Å². The lowest BCUT2D eigenvalue weighted by atomic mass is 10.1. The molecule has 2 rings (SSSR count). The zero-order chi connectivity index (χ0) is 17.0. The van der Waals surface area contributed by atoms with Gasteiger partial charge in [0.15, 0.2) is 6.10 Å². The minimum absolute atomic E-state index is 0.0354. The normalized spacial score (nSPS) is 19.7. The van der Waals surface area contributed by atoms with Gasteiger partial charge in [-0.3, -0.25) is 9.59 Å². The van der Waals surface area contributed by atoms with Crippen molar-refractivity contribution < 1.29 is 27.5 Å². The number of hydrogen-bond acceptors (Lipinski definition) is 3. The zero-order valence-corrected chi connectivity index (χ0v) is 12.5. The van der Waals surface area contributed by atoms with Crippen molar-refractivity contribution in [3.63, 3.8) is 0 Å². The maximum Gasteiger partial charge on any atom is 0.406 e. The van der Waals surface area contributed by atoms with Crippen molar-refractivity contribution in [2.24, 2.45) is 0 Å². The second-order valence-electron chi connectivity index (χ2n) is 5.25. The summed E-state index contributed by atoms with van der Waals surface area (Å²) in [6.45, 7) is -1.34. The van der Waals surface area contributed by atoms with E-state index in [9.17, 15) is 22.8 Å². The van der Waals surface area contributed by atoms with Crippen LogP contribution in [0.2, 0.25) is 0 Å². The first-order valence-electron chi connectivity index (χ1n) is 7.05. The molecule has 0 aromatic heterocycles. The molecule has 1 aromatic carbocycles. The fourth-order valence-electron chi connectivity index (χ4n) is 2.52. The highest BCUT2D eigenvalue weighted by Crippen LogP contribution is 2.22. The Morgan fingerprint density at radius 3 is 2.61 bits per heavy atom. The van der Waals surface area contributed by atoms with E-state index in [4.69, 9.17) is 4.74 Å². The predicted octanol–water partition coefficient (Wildman–Crippen LogP) is 1.65. The van der Waals surface area contributed by atoms with Gasteiger partial charge in [-0.25, -0.2) is 0 Å². The van der Waals surface area contributed by atoms with Crippen molar-refractivity contribution in [2.75, 3.05) is 20.2 Å². The number of carbonyl (C=O) groups excluding carboxylic acids is 2. The standard InChI is InChI=1S/C15H17F3N2O3/c1-23-12(10-5-3-2-4-6-10)13(21)19-11-7-8-20(14(11)22)9-15(16,17)18/h2-6,11-12H,7-9H2,1H3,(H,19,21)/t11-,12+/m0/s1. The number of halogens is 3. The Bertz CT molecular complexity index is 563. The summed E-state index contributed by atoms with van der Waals surface area (Å²) < 4.78 is 42.3. The molecule has 1 N–H and O–H groups in total. The number of amides is 2. The van der Waals surface area contributed by atoms with Crippen LogP contribution in [0.25, 0.3) is 0 Å². The Balaban J connectivity index is 1.99. The van der Waals surface area contributed by atoms with Gasteiger partial charge >= 0.3 is 6.18 Å². The van der Waals surface area contributed by atoms with Crippen LogP contribution < -0.4 is 5.32 Å². The molecule has 23 heavy (non-hydrogen) atoms. The number of alkyl halides is 3. The first-order chi connectivity index (χ1) is 10.8. The van der Waals surface area contributed by atoms with Gasteiger partial charge in [-0.15, -0.1) is 0 Å². The third-order valence-electron chi connectivity index (χ3n) is 3.56. The van der Waals surface area contributed by atoms with Crippen molar-refractivity contribution in [3.05, 3.63) is 35.9 Å².